The maximum absolute atomic E-state index is 13.1. The van der Waals surface area contributed by atoms with E-state index in [0.717, 1.165) is 0 Å². The molecule has 1 N–H and O–H groups in total. The van der Waals surface area contributed by atoms with Crippen molar-refractivity contribution in [3.05, 3.63) is 70.2 Å². The van der Waals surface area contributed by atoms with Crippen molar-refractivity contribution in [2.75, 3.05) is 0 Å². The van der Waals surface area contributed by atoms with E-state index in [1.807, 2.05) is 0 Å². The lowest BCUT2D eigenvalue weighted by atomic mass is 10.2. The van der Waals surface area contributed by atoms with Crippen LogP contribution in [0.3, 0.4) is 0 Å². The van der Waals surface area contributed by atoms with Gasteiger partial charge in [-0.2, -0.15) is 5.10 Å². The summed E-state index contributed by atoms with van der Waals surface area (Å²) in [7, 11) is 1.58. The average Bonchev–Trinajstić information content (AvgIpc) is 3.09. The van der Waals surface area contributed by atoms with E-state index in [-0.39, 0.29) is 12.1 Å². The number of carbonyl (C=O) groups is 1. The molecule has 3 rings (SSSR count). The molecule has 23 heavy (non-hydrogen) atoms. The minimum Gasteiger partial charge on any atom is -0.477 e. The lowest BCUT2D eigenvalue weighted by Gasteiger charge is -2.10. The van der Waals surface area contributed by atoms with Gasteiger partial charge in [0.2, 0.25) is 0 Å². The van der Waals surface area contributed by atoms with E-state index in [1.54, 1.807) is 25.5 Å². The monoisotopic (exact) mass is 316 g/mol. The first kappa shape index (κ1) is 14.8. The van der Waals surface area contributed by atoms with Crippen molar-refractivity contribution in [1.82, 2.24) is 19.1 Å². The molecule has 3 aromatic rings. The van der Waals surface area contributed by atoms with Gasteiger partial charge in [0.25, 0.3) is 5.56 Å². The van der Waals surface area contributed by atoms with Crippen molar-refractivity contribution in [2.24, 2.45) is 7.05 Å². The molecule has 0 saturated carbocycles. The molecule has 2 heterocycles. The zero-order valence-electron chi connectivity index (χ0n) is 12.2. The quantitative estimate of drug-likeness (QED) is 0.785. The Kier molecular flexibility index (Phi) is 3.57. The number of nitrogens with zero attached hydrogens (tertiary/aromatic N) is 4. The molecule has 0 saturated heterocycles. The number of benzene rings is 1. The molecular weight excluding hydrogens is 303 g/mol. The predicted molar refractivity (Wildman–Crippen MR) is 79.3 cm³/mol. The number of aromatic carboxylic acids is 1. The number of hydrogen-bond acceptors (Lipinski definition) is 3. The largest absolute Gasteiger partial charge is 0.477 e. The second-order valence-corrected chi connectivity index (χ2v) is 4.95. The highest BCUT2D eigenvalue weighted by Gasteiger charge is 2.24. The van der Waals surface area contributed by atoms with Gasteiger partial charge in [0.15, 0.2) is 0 Å². The lowest BCUT2D eigenvalue weighted by molar-refractivity contribution is 0.0694. The van der Waals surface area contributed by atoms with Crippen LogP contribution in [-0.2, 0) is 13.6 Å². The van der Waals surface area contributed by atoms with E-state index in [0.29, 0.717) is 11.4 Å². The van der Waals surface area contributed by atoms with Crippen molar-refractivity contribution in [3.63, 3.8) is 0 Å². The Morgan fingerprint density at radius 1 is 1.30 bits per heavy atom. The van der Waals surface area contributed by atoms with Gasteiger partial charge in [-0.05, 0) is 30.3 Å². The molecule has 118 valence electrons. The number of halogens is 1. The van der Waals surface area contributed by atoms with Gasteiger partial charge in [-0.1, -0.05) is 0 Å². The molecule has 0 amide bonds. The fourth-order valence-corrected chi connectivity index (χ4v) is 2.46. The van der Waals surface area contributed by atoms with E-state index in [2.05, 4.69) is 5.10 Å². The Morgan fingerprint density at radius 3 is 2.57 bits per heavy atom. The zero-order chi connectivity index (χ0) is 16.6. The van der Waals surface area contributed by atoms with Crippen LogP contribution in [0.15, 0.2) is 47.5 Å². The summed E-state index contributed by atoms with van der Waals surface area (Å²) < 4.78 is 17.2. The van der Waals surface area contributed by atoms with Gasteiger partial charge in [-0.25, -0.2) is 13.9 Å². The summed E-state index contributed by atoms with van der Waals surface area (Å²) in [6.07, 6.45) is 3.24. The zero-order valence-corrected chi connectivity index (χ0v) is 12.2. The summed E-state index contributed by atoms with van der Waals surface area (Å²) in [6, 6.07) is 6.96. The van der Waals surface area contributed by atoms with Crippen LogP contribution < -0.4 is 5.56 Å². The number of rotatable bonds is 4. The fourth-order valence-electron chi connectivity index (χ4n) is 2.46. The van der Waals surface area contributed by atoms with E-state index in [4.69, 9.17) is 0 Å². The molecule has 0 spiro atoms. The topological polar surface area (TPSA) is 82.1 Å². The SMILES string of the molecule is Cn1c(Cn2cccn2)c(C(=O)O)c(=O)n1-c1ccc(F)cc1. The van der Waals surface area contributed by atoms with Crippen molar-refractivity contribution >= 4 is 5.97 Å². The Balaban J connectivity index is 2.20. The molecule has 0 unspecified atom stereocenters. The molecular formula is C15H13FN4O3. The Hall–Kier alpha value is -3.16. The second kappa shape index (κ2) is 5.56. The summed E-state index contributed by atoms with van der Waals surface area (Å²) in [6.45, 7) is 0.134. The van der Waals surface area contributed by atoms with Gasteiger partial charge in [0, 0.05) is 19.4 Å². The van der Waals surface area contributed by atoms with Crippen LogP contribution in [0.1, 0.15) is 16.1 Å². The Morgan fingerprint density at radius 2 is 2.00 bits per heavy atom. The van der Waals surface area contributed by atoms with Crippen molar-refractivity contribution in [2.45, 2.75) is 6.54 Å². The summed E-state index contributed by atoms with van der Waals surface area (Å²) in [5, 5.41) is 13.4. The van der Waals surface area contributed by atoms with Crippen LogP contribution in [0.25, 0.3) is 5.69 Å². The first-order valence-corrected chi connectivity index (χ1v) is 6.76. The van der Waals surface area contributed by atoms with Crippen molar-refractivity contribution < 1.29 is 14.3 Å². The van der Waals surface area contributed by atoms with Crippen LogP contribution in [0.2, 0.25) is 0 Å². The van der Waals surface area contributed by atoms with Gasteiger partial charge in [-0.15, -0.1) is 0 Å². The predicted octanol–water partition coefficient (Wildman–Crippen LogP) is 1.26. The molecule has 2 aromatic heterocycles. The summed E-state index contributed by atoms with van der Waals surface area (Å²) >= 11 is 0. The maximum atomic E-state index is 13.1. The molecule has 8 heteroatoms. The molecule has 0 aliphatic rings. The molecule has 0 atom stereocenters. The third-order valence-corrected chi connectivity index (χ3v) is 3.54. The minimum absolute atomic E-state index is 0.134. The average molecular weight is 316 g/mol. The highest BCUT2D eigenvalue weighted by atomic mass is 19.1. The van der Waals surface area contributed by atoms with E-state index in [1.165, 1.54) is 38.3 Å². The van der Waals surface area contributed by atoms with Gasteiger partial charge in [0.1, 0.15) is 11.4 Å². The number of aromatic nitrogens is 4. The molecule has 0 fully saturated rings. The molecule has 0 aliphatic carbocycles. The Labute approximate surface area is 129 Å². The number of hydrogen-bond donors (Lipinski definition) is 1. The summed E-state index contributed by atoms with van der Waals surface area (Å²) in [5.74, 6) is -1.75. The van der Waals surface area contributed by atoms with E-state index < -0.39 is 17.3 Å². The molecule has 1 aromatic carbocycles. The van der Waals surface area contributed by atoms with E-state index >= 15 is 0 Å². The minimum atomic E-state index is -1.31. The second-order valence-electron chi connectivity index (χ2n) is 4.95. The normalized spacial score (nSPS) is 10.9. The highest BCUT2D eigenvalue weighted by Crippen LogP contribution is 2.13. The molecule has 0 radical (unpaired) electrons. The molecule has 0 aliphatic heterocycles. The van der Waals surface area contributed by atoms with Crippen molar-refractivity contribution in [3.8, 4) is 5.69 Å². The van der Waals surface area contributed by atoms with E-state index in [9.17, 15) is 19.1 Å². The summed E-state index contributed by atoms with van der Waals surface area (Å²) in [5.41, 5.74) is -0.315. The van der Waals surface area contributed by atoms with Crippen LogP contribution in [0.4, 0.5) is 4.39 Å². The van der Waals surface area contributed by atoms with Crippen LogP contribution in [0, 0.1) is 5.82 Å². The third-order valence-electron chi connectivity index (χ3n) is 3.54. The first-order chi connectivity index (χ1) is 11.0. The number of carboxylic acids is 1. The Bertz CT molecular complexity index is 908. The van der Waals surface area contributed by atoms with Crippen LogP contribution in [-0.4, -0.2) is 30.2 Å². The van der Waals surface area contributed by atoms with Crippen LogP contribution in [0.5, 0.6) is 0 Å². The lowest BCUT2D eigenvalue weighted by Crippen LogP contribution is -2.22. The summed E-state index contributed by atoms with van der Waals surface area (Å²) in [4.78, 5) is 24.0. The van der Waals surface area contributed by atoms with Gasteiger partial charge in [-0.3, -0.25) is 14.2 Å². The third kappa shape index (κ3) is 2.54. The highest BCUT2D eigenvalue weighted by molar-refractivity contribution is 5.88. The smallest absolute Gasteiger partial charge is 0.343 e. The van der Waals surface area contributed by atoms with Crippen molar-refractivity contribution in [1.29, 1.82) is 0 Å². The number of carboxylic acid groups (broad SMARTS) is 1. The molecule has 0 bridgehead atoms. The van der Waals surface area contributed by atoms with Gasteiger partial charge < -0.3 is 5.11 Å². The molecule has 7 nitrogen and oxygen atoms in total. The van der Waals surface area contributed by atoms with Gasteiger partial charge >= 0.3 is 5.97 Å². The van der Waals surface area contributed by atoms with Gasteiger partial charge in [0.05, 0.1) is 17.9 Å². The fraction of sp³-hybridized carbons (Fsp3) is 0.133. The van der Waals surface area contributed by atoms with Crippen LogP contribution >= 0.6 is 0 Å². The standard InChI is InChI=1S/C15H13FN4O3/c1-18-12(9-19-8-2-7-17-19)13(15(22)23)14(21)20(18)11-5-3-10(16)4-6-11/h2-8H,9H2,1H3,(H,22,23). The maximum Gasteiger partial charge on any atom is 0.343 e. The first-order valence-electron chi connectivity index (χ1n) is 6.76.